The van der Waals surface area contributed by atoms with E-state index in [9.17, 15) is 4.79 Å². The predicted octanol–water partition coefficient (Wildman–Crippen LogP) is 4.58. The fourth-order valence-corrected chi connectivity index (χ4v) is 3.19. The van der Waals surface area contributed by atoms with Gasteiger partial charge in [-0.25, -0.2) is 14.6 Å². The SMILES string of the molecule is Cc1cc(C)nc(Nc2cccc(C(=O)Nc3cc(C)nn3-c3ccccc3)c2)n1. The van der Waals surface area contributed by atoms with Crippen LogP contribution in [0.2, 0.25) is 0 Å². The van der Waals surface area contributed by atoms with Crippen LogP contribution < -0.4 is 10.6 Å². The van der Waals surface area contributed by atoms with Crippen molar-refractivity contribution in [3.05, 3.63) is 89.4 Å². The number of nitrogens with one attached hydrogen (secondary N) is 2. The molecule has 7 heteroatoms. The van der Waals surface area contributed by atoms with Gasteiger partial charge in [0, 0.05) is 28.7 Å². The van der Waals surface area contributed by atoms with E-state index < -0.39 is 0 Å². The fraction of sp³-hybridized carbons (Fsp3) is 0.130. The highest BCUT2D eigenvalue weighted by Crippen LogP contribution is 2.20. The van der Waals surface area contributed by atoms with Crippen molar-refractivity contribution in [2.24, 2.45) is 0 Å². The molecule has 2 heterocycles. The van der Waals surface area contributed by atoms with E-state index in [-0.39, 0.29) is 5.91 Å². The van der Waals surface area contributed by atoms with E-state index in [2.05, 4.69) is 25.7 Å². The minimum absolute atomic E-state index is 0.225. The van der Waals surface area contributed by atoms with Crippen molar-refractivity contribution in [1.82, 2.24) is 19.7 Å². The Labute approximate surface area is 174 Å². The summed E-state index contributed by atoms with van der Waals surface area (Å²) in [6, 6.07) is 20.7. The van der Waals surface area contributed by atoms with Gasteiger partial charge in [-0.15, -0.1) is 0 Å². The van der Waals surface area contributed by atoms with Gasteiger partial charge < -0.3 is 10.6 Å². The summed E-state index contributed by atoms with van der Waals surface area (Å²) >= 11 is 0. The number of hydrogen-bond donors (Lipinski definition) is 2. The van der Waals surface area contributed by atoms with Crippen molar-refractivity contribution in [2.45, 2.75) is 20.8 Å². The Morgan fingerprint density at radius 1 is 0.833 bits per heavy atom. The van der Waals surface area contributed by atoms with Crippen LogP contribution >= 0.6 is 0 Å². The number of carbonyl (C=O) groups is 1. The lowest BCUT2D eigenvalue weighted by molar-refractivity contribution is 0.102. The van der Waals surface area contributed by atoms with E-state index in [0.717, 1.165) is 28.5 Å². The molecule has 0 saturated heterocycles. The number of amides is 1. The highest BCUT2D eigenvalue weighted by molar-refractivity contribution is 6.04. The van der Waals surface area contributed by atoms with Gasteiger partial charge in [0.05, 0.1) is 11.4 Å². The molecule has 150 valence electrons. The molecule has 0 aliphatic rings. The zero-order valence-corrected chi connectivity index (χ0v) is 17.0. The zero-order valence-electron chi connectivity index (χ0n) is 17.0. The topological polar surface area (TPSA) is 84.7 Å². The summed E-state index contributed by atoms with van der Waals surface area (Å²) in [6.07, 6.45) is 0. The molecule has 0 fully saturated rings. The third kappa shape index (κ3) is 4.35. The molecule has 2 aromatic carbocycles. The summed E-state index contributed by atoms with van der Waals surface area (Å²) in [4.78, 5) is 21.7. The molecule has 30 heavy (non-hydrogen) atoms. The molecule has 4 rings (SSSR count). The van der Waals surface area contributed by atoms with E-state index in [1.54, 1.807) is 16.8 Å². The third-order valence-corrected chi connectivity index (χ3v) is 4.44. The van der Waals surface area contributed by atoms with Crippen LogP contribution in [0.3, 0.4) is 0 Å². The number of rotatable bonds is 5. The van der Waals surface area contributed by atoms with Crippen molar-refractivity contribution >= 4 is 23.4 Å². The van der Waals surface area contributed by atoms with Crippen LogP contribution in [0.4, 0.5) is 17.5 Å². The Kier molecular flexibility index (Phi) is 5.26. The average Bonchev–Trinajstić information content (AvgIpc) is 3.08. The maximum Gasteiger partial charge on any atom is 0.256 e. The molecule has 2 aromatic heterocycles. The van der Waals surface area contributed by atoms with Crippen molar-refractivity contribution in [1.29, 1.82) is 0 Å². The molecule has 0 saturated carbocycles. The molecule has 4 aromatic rings. The summed E-state index contributed by atoms with van der Waals surface area (Å²) in [6.45, 7) is 5.73. The lowest BCUT2D eigenvalue weighted by atomic mass is 10.2. The molecule has 7 nitrogen and oxygen atoms in total. The first-order valence-corrected chi connectivity index (χ1v) is 9.61. The number of hydrogen-bond acceptors (Lipinski definition) is 5. The van der Waals surface area contributed by atoms with Gasteiger partial charge in [0.25, 0.3) is 5.91 Å². The number of aromatic nitrogens is 4. The maximum absolute atomic E-state index is 12.9. The van der Waals surface area contributed by atoms with E-state index >= 15 is 0 Å². The molecule has 0 spiro atoms. The number of nitrogens with zero attached hydrogens (tertiary/aromatic N) is 4. The Morgan fingerprint density at radius 3 is 2.30 bits per heavy atom. The van der Waals surface area contributed by atoms with Gasteiger partial charge in [-0.1, -0.05) is 24.3 Å². The summed E-state index contributed by atoms with van der Waals surface area (Å²) < 4.78 is 1.72. The normalized spacial score (nSPS) is 10.6. The Morgan fingerprint density at radius 2 is 1.57 bits per heavy atom. The molecule has 0 unspecified atom stereocenters. The van der Waals surface area contributed by atoms with E-state index in [0.29, 0.717) is 17.3 Å². The molecular weight excluding hydrogens is 376 g/mol. The molecule has 0 bridgehead atoms. The van der Waals surface area contributed by atoms with Gasteiger partial charge in [0.2, 0.25) is 5.95 Å². The summed E-state index contributed by atoms with van der Waals surface area (Å²) in [5, 5.41) is 10.6. The van der Waals surface area contributed by atoms with Crippen LogP contribution in [-0.2, 0) is 0 Å². The smallest absolute Gasteiger partial charge is 0.256 e. The second-order valence-electron chi connectivity index (χ2n) is 7.05. The molecule has 0 aliphatic heterocycles. The average molecular weight is 398 g/mol. The van der Waals surface area contributed by atoms with Gasteiger partial charge >= 0.3 is 0 Å². The lowest BCUT2D eigenvalue weighted by Crippen LogP contribution is -2.15. The van der Waals surface area contributed by atoms with Crippen molar-refractivity contribution in [2.75, 3.05) is 10.6 Å². The monoisotopic (exact) mass is 398 g/mol. The van der Waals surface area contributed by atoms with Gasteiger partial charge in [-0.3, -0.25) is 4.79 Å². The summed E-state index contributed by atoms with van der Waals surface area (Å²) in [5.41, 5.74) is 4.70. The Hall–Kier alpha value is -4.00. The highest BCUT2D eigenvalue weighted by atomic mass is 16.1. The van der Waals surface area contributed by atoms with Gasteiger partial charge in [-0.05, 0) is 57.2 Å². The third-order valence-electron chi connectivity index (χ3n) is 4.44. The first-order chi connectivity index (χ1) is 14.5. The van der Waals surface area contributed by atoms with Crippen LogP contribution in [0.15, 0.2) is 66.7 Å². The Bertz CT molecular complexity index is 1180. The van der Waals surface area contributed by atoms with Gasteiger partial charge in [0.15, 0.2) is 0 Å². The first kappa shape index (κ1) is 19.3. The van der Waals surface area contributed by atoms with Crippen molar-refractivity contribution in [3.63, 3.8) is 0 Å². The second kappa shape index (κ2) is 8.16. The van der Waals surface area contributed by atoms with Crippen molar-refractivity contribution < 1.29 is 4.79 Å². The minimum Gasteiger partial charge on any atom is -0.324 e. The molecule has 0 atom stereocenters. The molecule has 1 amide bonds. The highest BCUT2D eigenvalue weighted by Gasteiger charge is 2.13. The molecular formula is C23H22N6O. The standard InChI is InChI=1S/C23H22N6O/c1-15-12-16(2)25-23(24-15)26-19-9-7-8-18(14-19)22(30)27-21-13-17(3)28-29(21)20-10-5-4-6-11-20/h4-14H,1-3H3,(H,27,30)(H,24,25,26). The lowest BCUT2D eigenvalue weighted by Gasteiger charge is -2.10. The minimum atomic E-state index is -0.225. The van der Waals surface area contributed by atoms with E-state index in [1.807, 2.05) is 75.4 Å². The van der Waals surface area contributed by atoms with Crippen molar-refractivity contribution in [3.8, 4) is 5.69 Å². The molecule has 0 aliphatic carbocycles. The van der Waals surface area contributed by atoms with Gasteiger partial charge in [-0.2, -0.15) is 5.10 Å². The second-order valence-corrected chi connectivity index (χ2v) is 7.05. The number of anilines is 3. The van der Waals surface area contributed by atoms with E-state index in [4.69, 9.17) is 0 Å². The summed E-state index contributed by atoms with van der Waals surface area (Å²) in [7, 11) is 0. The van der Waals surface area contributed by atoms with E-state index in [1.165, 1.54) is 0 Å². The van der Waals surface area contributed by atoms with Crippen LogP contribution in [0.1, 0.15) is 27.4 Å². The molecule has 0 radical (unpaired) electrons. The largest absolute Gasteiger partial charge is 0.324 e. The van der Waals surface area contributed by atoms with Crippen LogP contribution in [0, 0.1) is 20.8 Å². The van der Waals surface area contributed by atoms with Crippen LogP contribution in [0.25, 0.3) is 5.69 Å². The quantitative estimate of drug-likeness (QED) is 0.514. The predicted molar refractivity (Wildman–Crippen MR) is 117 cm³/mol. The van der Waals surface area contributed by atoms with Crippen LogP contribution in [0.5, 0.6) is 0 Å². The van der Waals surface area contributed by atoms with Gasteiger partial charge in [0.1, 0.15) is 5.82 Å². The zero-order chi connectivity index (χ0) is 21.1. The first-order valence-electron chi connectivity index (χ1n) is 9.61. The summed E-state index contributed by atoms with van der Waals surface area (Å²) in [5.74, 6) is 0.889. The number of aryl methyl sites for hydroxylation is 3. The fourth-order valence-electron chi connectivity index (χ4n) is 3.19. The Balaban J connectivity index is 1.56. The maximum atomic E-state index is 12.9. The number of para-hydroxylation sites is 1. The number of benzene rings is 2. The number of carbonyl (C=O) groups excluding carboxylic acids is 1. The van der Waals surface area contributed by atoms with Crippen LogP contribution in [-0.4, -0.2) is 25.7 Å². The molecule has 2 N–H and O–H groups in total.